The fourth-order valence-electron chi connectivity index (χ4n) is 2.97. The molecule has 0 saturated heterocycles. The summed E-state index contributed by atoms with van der Waals surface area (Å²) >= 11 is 1.40. The van der Waals surface area contributed by atoms with Crippen molar-refractivity contribution in [3.63, 3.8) is 0 Å². The largest absolute Gasteiger partial charge is 0.390 e. The first kappa shape index (κ1) is 21.1. The average molecular weight is 422 g/mol. The zero-order valence-corrected chi connectivity index (χ0v) is 16.4. The second-order valence-electron chi connectivity index (χ2n) is 6.73. The smallest absolute Gasteiger partial charge is 0.387 e. The zero-order valence-electron chi connectivity index (χ0n) is 15.6. The van der Waals surface area contributed by atoms with Crippen LogP contribution in [0.2, 0.25) is 0 Å². The summed E-state index contributed by atoms with van der Waals surface area (Å²) in [5.41, 5.74) is 14.1. The lowest BCUT2D eigenvalue weighted by atomic mass is 10.1. The third kappa shape index (κ3) is 5.68. The first-order valence-electron chi connectivity index (χ1n) is 9.00. The number of fused-ring (bicyclic) bond motifs is 1. The van der Waals surface area contributed by atoms with E-state index in [-0.39, 0.29) is 18.8 Å². The van der Waals surface area contributed by atoms with Gasteiger partial charge in [0.25, 0.3) is 5.91 Å². The molecule has 1 aliphatic heterocycles. The van der Waals surface area contributed by atoms with Gasteiger partial charge in [-0.25, -0.2) is 4.99 Å². The van der Waals surface area contributed by atoms with E-state index in [1.54, 1.807) is 36.4 Å². The third-order valence-corrected chi connectivity index (χ3v) is 5.33. The van der Waals surface area contributed by atoms with Gasteiger partial charge in [0.15, 0.2) is 0 Å². The van der Waals surface area contributed by atoms with Gasteiger partial charge in [-0.1, -0.05) is 24.3 Å². The SMILES string of the molecule is NCc1ccc(CN(CCC(F)(F)F)C(=O)C2=Cc3sccc3N=C(N)C2)cc1. The lowest BCUT2D eigenvalue weighted by Gasteiger charge is -2.25. The van der Waals surface area contributed by atoms with Crippen molar-refractivity contribution in [1.82, 2.24) is 4.90 Å². The van der Waals surface area contributed by atoms with Crippen LogP contribution in [-0.4, -0.2) is 29.4 Å². The molecule has 154 valence electrons. The van der Waals surface area contributed by atoms with Crippen molar-refractivity contribution in [3.05, 3.63) is 57.3 Å². The predicted octanol–water partition coefficient (Wildman–Crippen LogP) is 3.96. The highest BCUT2D eigenvalue weighted by Crippen LogP contribution is 2.32. The number of nitrogens with two attached hydrogens (primary N) is 2. The molecule has 9 heteroatoms. The van der Waals surface area contributed by atoms with Gasteiger partial charge in [0, 0.05) is 31.6 Å². The van der Waals surface area contributed by atoms with Crippen LogP contribution in [0.5, 0.6) is 0 Å². The van der Waals surface area contributed by atoms with E-state index in [1.807, 2.05) is 5.38 Å². The molecule has 1 aromatic carbocycles. The minimum atomic E-state index is -4.36. The molecule has 0 unspecified atom stereocenters. The third-order valence-electron chi connectivity index (χ3n) is 4.47. The quantitative estimate of drug-likeness (QED) is 0.739. The van der Waals surface area contributed by atoms with Crippen LogP contribution < -0.4 is 11.5 Å². The average Bonchev–Trinajstić information content (AvgIpc) is 3.03. The van der Waals surface area contributed by atoms with Gasteiger partial charge in [0.1, 0.15) is 5.84 Å². The minimum Gasteiger partial charge on any atom is -0.387 e. The number of rotatable bonds is 6. The van der Waals surface area contributed by atoms with Gasteiger partial charge in [-0.2, -0.15) is 13.2 Å². The van der Waals surface area contributed by atoms with Crippen molar-refractivity contribution in [2.45, 2.75) is 32.1 Å². The number of hydrogen-bond acceptors (Lipinski definition) is 5. The number of amides is 1. The van der Waals surface area contributed by atoms with E-state index in [0.29, 0.717) is 17.8 Å². The van der Waals surface area contributed by atoms with Crippen LogP contribution in [0.4, 0.5) is 18.9 Å². The monoisotopic (exact) mass is 422 g/mol. The Bertz CT molecular complexity index is 932. The van der Waals surface area contributed by atoms with E-state index in [4.69, 9.17) is 11.5 Å². The Balaban J connectivity index is 1.86. The Kier molecular flexibility index (Phi) is 6.39. The van der Waals surface area contributed by atoms with Gasteiger partial charge in [0.05, 0.1) is 17.0 Å². The van der Waals surface area contributed by atoms with Crippen LogP contribution in [0.3, 0.4) is 0 Å². The molecule has 0 radical (unpaired) electrons. The van der Waals surface area contributed by atoms with E-state index in [0.717, 1.165) is 16.0 Å². The number of amidine groups is 1. The first-order valence-corrected chi connectivity index (χ1v) is 9.88. The number of halogens is 3. The van der Waals surface area contributed by atoms with E-state index in [2.05, 4.69) is 4.99 Å². The van der Waals surface area contributed by atoms with Gasteiger partial charge < -0.3 is 16.4 Å². The number of nitrogens with zero attached hydrogens (tertiary/aromatic N) is 2. The lowest BCUT2D eigenvalue weighted by molar-refractivity contribution is -0.144. The summed E-state index contributed by atoms with van der Waals surface area (Å²) < 4.78 is 38.5. The van der Waals surface area contributed by atoms with Gasteiger partial charge in [-0.15, -0.1) is 11.3 Å². The predicted molar refractivity (Wildman–Crippen MR) is 109 cm³/mol. The highest BCUT2D eigenvalue weighted by molar-refractivity contribution is 7.11. The van der Waals surface area contributed by atoms with Gasteiger partial charge >= 0.3 is 6.18 Å². The van der Waals surface area contributed by atoms with Crippen molar-refractivity contribution >= 4 is 34.8 Å². The highest BCUT2D eigenvalue weighted by atomic mass is 32.1. The molecular weight excluding hydrogens is 401 g/mol. The lowest BCUT2D eigenvalue weighted by Crippen LogP contribution is -2.35. The summed E-state index contributed by atoms with van der Waals surface area (Å²) in [6.07, 6.45) is -3.68. The van der Waals surface area contributed by atoms with Crippen LogP contribution in [0, 0.1) is 0 Å². The van der Waals surface area contributed by atoms with Crippen molar-refractivity contribution in [2.75, 3.05) is 6.54 Å². The van der Waals surface area contributed by atoms with E-state index in [1.165, 1.54) is 16.2 Å². The number of aliphatic imine (C=N–C) groups is 1. The summed E-state index contributed by atoms with van der Waals surface area (Å²) in [5.74, 6) is -0.221. The molecule has 2 heterocycles. The molecule has 3 rings (SSSR count). The number of carbonyl (C=O) groups excluding carboxylic acids is 1. The number of carbonyl (C=O) groups is 1. The molecule has 0 aliphatic carbocycles. The van der Waals surface area contributed by atoms with Gasteiger partial charge in [-0.3, -0.25) is 4.79 Å². The standard InChI is InChI=1S/C20H21F3N4OS/c21-20(22,23)6-7-27(12-14-3-1-13(11-24)2-4-14)19(28)15-9-17-16(5-8-29-17)26-18(25)10-15/h1-5,8-9H,6-7,10-12,24H2,(H2,25,26). The van der Waals surface area contributed by atoms with Crippen molar-refractivity contribution in [1.29, 1.82) is 0 Å². The second kappa shape index (κ2) is 8.79. The van der Waals surface area contributed by atoms with E-state index < -0.39 is 25.0 Å². The molecule has 2 aromatic rings. The van der Waals surface area contributed by atoms with E-state index >= 15 is 0 Å². The van der Waals surface area contributed by atoms with Crippen molar-refractivity contribution in [3.8, 4) is 0 Å². The molecule has 1 aliphatic rings. The summed E-state index contributed by atoms with van der Waals surface area (Å²) in [6.45, 7) is -0.0102. The molecule has 1 amide bonds. The highest BCUT2D eigenvalue weighted by Gasteiger charge is 2.30. The number of hydrogen-bond donors (Lipinski definition) is 2. The molecule has 0 bridgehead atoms. The van der Waals surface area contributed by atoms with Crippen LogP contribution in [0.25, 0.3) is 6.08 Å². The van der Waals surface area contributed by atoms with Crippen molar-refractivity contribution < 1.29 is 18.0 Å². The Hall–Kier alpha value is -2.65. The second-order valence-corrected chi connectivity index (χ2v) is 7.68. The Morgan fingerprint density at radius 1 is 1.17 bits per heavy atom. The summed E-state index contributed by atoms with van der Waals surface area (Å²) in [7, 11) is 0. The summed E-state index contributed by atoms with van der Waals surface area (Å²) in [4.78, 5) is 19.4. The fraction of sp³-hybridized carbons (Fsp3) is 0.300. The topological polar surface area (TPSA) is 84.7 Å². The summed E-state index contributed by atoms with van der Waals surface area (Å²) in [5, 5.41) is 1.83. The zero-order chi connectivity index (χ0) is 21.0. The maximum absolute atomic E-state index is 13.1. The Morgan fingerprint density at radius 2 is 1.86 bits per heavy atom. The number of alkyl halides is 3. The normalized spacial score (nSPS) is 13.9. The number of benzene rings is 1. The Morgan fingerprint density at radius 3 is 2.52 bits per heavy atom. The molecule has 0 saturated carbocycles. The maximum Gasteiger partial charge on any atom is 0.390 e. The molecule has 0 fully saturated rings. The molecule has 0 atom stereocenters. The van der Waals surface area contributed by atoms with Gasteiger partial charge in [0.2, 0.25) is 0 Å². The molecule has 0 spiro atoms. The van der Waals surface area contributed by atoms with Gasteiger partial charge in [-0.05, 0) is 28.6 Å². The molecule has 5 nitrogen and oxygen atoms in total. The molecule has 29 heavy (non-hydrogen) atoms. The van der Waals surface area contributed by atoms with E-state index in [9.17, 15) is 18.0 Å². The molecular formula is C20H21F3N4OS. The number of thiophene rings is 1. The van der Waals surface area contributed by atoms with Crippen LogP contribution >= 0.6 is 11.3 Å². The molecule has 1 aromatic heterocycles. The van der Waals surface area contributed by atoms with Crippen LogP contribution in [-0.2, 0) is 17.9 Å². The first-order chi connectivity index (χ1) is 13.7. The summed E-state index contributed by atoms with van der Waals surface area (Å²) in [6, 6.07) is 8.93. The molecule has 4 N–H and O–H groups in total. The fourth-order valence-corrected chi connectivity index (χ4v) is 3.76. The van der Waals surface area contributed by atoms with Crippen molar-refractivity contribution in [2.24, 2.45) is 16.5 Å². The minimum absolute atomic E-state index is 0.0610. The Labute approximate surface area is 170 Å². The van der Waals surface area contributed by atoms with Crippen LogP contribution in [0.1, 0.15) is 28.8 Å². The maximum atomic E-state index is 13.1. The van der Waals surface area contributed by atoms with Crippen LogP contribution in [0.15, 0.2) is 46.3 Å².